The summed E-state index contributed by atoms with van der Waals surface area (Å²) in [4.78, 5) is 2.72. The van der Waals surface area contributed by atoms with Crippen molar-refractivity contribution in [3.05, 3.63) is 0 Å². The predicted molar refractivity (Wildman–Crippen MR) is 65.1 cm³/mol. The minimum absolute atomic E-state index is 0.765. The Balaban J connectivity index is 1.80. The quantitative estimate of drug-likeness (QED) is 0.768. The molecular formula is C13H26N2. The van der Waals surface area contributed by atoms with Gasteiger partial charge in [0.05, 0.1) is 0 Å². The predicted octanol–water partition coefficient (Wildman–Crippen LogP) is 2.25. The van der Waals surface area contributed by atoms with E-state index in [2.05, 4.69) is 24.1 Å². The zero-order chi connectivity index (χ0) is 10.7. The summed E-state index contributed by atoms with van der Waals surface area (Å²) in [5.74, 6) is 0.930. The van der Waals surface area contributed by atoms with Crippen molar-refractivity contribution >= 4 is 0 Å². The fourth-order valence-electron chi connectivity index (χ4n) is 3.24. The normalized spacial score (nSPS) is 38.4. The molecule has 2 fully saturated rings. The number of piperidine rings is 1. The van der Waals surface area contributed by atoms with Gasteiger partial charge in [-0.3, -0.25) is 4.90 Å². The van der Waals surface area contributed by atoms with Crippen molar-refractivity contribution in [1.29, 1.82) is 0 Å². The van der Waals surface area contributed by atoms with Crippen molar-refractivity contribution in [3.63, 3.8) is 0 Å². The van der Waals surface area contributed by atoms with Gasteiger partial charge in [-0.25, -0.2) is 0 Å². The highest BCUT2D eigenvalue weighted by Crippen LogP contribution is 2.22. The van der Waals surface area contributed by atoms with Gasteiger partial charge >= 0.3 is 0 Å². The van der Waals surface area contributed by atoms with Crippen LogP contribution in [0, 0.1) is 5.92 Å². The minimum Gasteiger partial charge on any atom is -0.313 e. The van der Waals surface area contributed by atoms with Crippen LogP contribution in [0.2, 0.25) is 0 Å². The Morgan fingerprint density at radius 3 is 2.93 bits per heavy atom. The monoisotopic (exact) mass is 210 g/mol. The van der Waals surface area contributed by atoms with E-state index in [4.69, 9.17) is 0 Å². The fourth-order valence-corrected chi connectivity index (χ4v) is 3.24. The van der Waals surface area contributed by atoms with Crippen molar-refractivity contribution in [2.45, 2.75) is 58.0 Å². The Hall–Kier alpha value is -0.0800. The van der Waals surface area contributed by atoms with Crippen molar-refractivity contribution in [1.82, 2.24) is 10.2 Å². The highest BCUT2D eigenvalue weighted by molar-refractivity contribution is 4.84. The Kier molecular flexibility index (Phi) is 4.04. The molecule has 3 atom stereocenters. The lowest BCUT2D eigenvalue weighted by molar-refractivity contribution is 0.191. The molecule has 2 aliphatic rings. The molecule has 0 spiro atoms. The van der Waals surface area contributed by atoms with Crippen molar-refractivity contribution in [3.8, 4) is 0 Å². The topological polar surface area (TPSA) is 15.3 Å². The van der Waals surface area contributed by atoms with Crippen LogP contribution < -0.4 is 5.32 Å². The van der Waals surface area contributed by atoms with Crippen LogP contribution in [0.25, 0.3) is 0 Å². The summed E-state index contributed by atoms with van der Waals surface area (Å²) in [6.07, 6.45) is 6.93. The highest BCUT2D eigenvalue weighted by atomic mass is 15.2. The second kappa shape index (κ2) is 5.31. The summed E-state index contributed by atoms with van der Waals surface area (Å²) in [7, 11) is 0. The smallest absolute Gasteiger partial charge is 0.0197 e. The lowest BCUT2D eigenvalue weighted by Gasteiger charge is -2.33. The molecule has 0 aliphatic carbocycles. The Labute approximate surface area is 94.4 Å². The van der Waals surface area contributed by atoms with Gasteiger partial charge in [0.25, 0.3) is 0 Å². The van der Waals surface area contributed by atoms with Gasteiger partial charge in [-0.15, -0.1) is 0 Å². The maximum Gasteiger partial charge on any atom is 0.0197 e. The second-order valence-electron chi connectivity index (χ2n) is 5.48. The van der Waals surface area contributed by atoms with E-state index in [1.807, 2.05) is 0 Å². The molecule has 2 heterocycles. The molecule has 2 saturated heterocycles. The summed E-state index contributed by atoms with van der Waals surface area (Å²) in [5, 5.41) is 3.68. The summed E-state index contributed by atoms with van der Waals surface area (Å²) in [5.41, 5.74) is 0. The third-order valence-electron chi connectivity index (χ3n) is 4.18. The third-order valence-corrected chi connectivity index (χ3v) is 4.18. The van der Waals surface area contributed by atoms with Crippen LogP contribution in [-0.4, -0.2) is 36.6 Å². The first kappa shape index (κ1) is 11.4. The van der Waals surface area contributed by atoms with E-state index in [-0.39, 0.29) is 0 Å². The van der Waals surface area contributed by atoms with Gasteiger partial charge in [-0.1, -0.05) is 13.8 Å². The molecule has 0 aromatic carbocycles. The average Bonchev–Trinajstić information content (AvgIpc) is 2.65. The molecule has 15 heavy (non-hydrogen) atoms. The van der Waals surface area contributed by atoms with Crippen molar-refractivity contribution in [2.24, 2.45) is 5.92 Å². The summed E-state index contributed by atoms with van der Waals surface area (Å²) >= 11 is 0. The Morgan fingerprint density at radius 1 is 1.33 bits per heavy atom. The molecule has 0 amide bonds. The van der Waals surface area contributed by atoms with E-state index in [0.29, 0.717) is 0 Å². The highest BCUT2D eigenvalue weighted by Gasteiger charge is 2.27. The molecule has 3 unspecified atom stereocenters. The largest absolute Gasteiger partial charge is 0.313 e. The van der Waals surface area contributed by atoms with Crippen molar-refractivity contribution < 1.29 is 0 Å². The minimum atomic E-state index is 0.765. The van der Waals surface area contributed by atoms with E-state index < -0.39 is 0 Å². The molecule has 0 aromatic heterocycles. The van der Waals surface area contributed by atoms with E-state index in [9.17, 15) is 0 Å². The van der Waals surface area contributed by atoms with Gasteiger partial charge in [0, 0.05) is 18.6 Å². The molecule has 2 heteroatoms. The molecular weight excluding hydrogens is 184 g/mol. The van der Waals surface area contributed by atoms with Crippen LogP contribution in [0.1, 0.15) is 46.0 Å². The van der Waals surface area contributed by atoms with Gasteiger partial charge in [0.1, 0.15) is 0 Å². The van der Waals surface area contributed by atoms with Crippen LogP contribution in [-0.2, 0) is 0 Å². The Bertz CT molecular complexity index is 193. The van der Waals surface area contributed by atoms with Crippen LogP contribution in [0.15, 0.2) is 0 Å². The fraction of sp³-hybridized carbons (Fsp3) is 1.00. The average molecular weight is 210 g/mol. The molecule has 1 N–H and O–H groups in total. The molecule has 2 aliphatic heterocycles. The molecule has 88 valence electrons. The van der Waals surface area contributed by atoms with E-state index in [1.54, 1.807) is 0 Å². The zero-order valence-electron chi connectivity index (χ0n) is 10.3. The van der Waals surface area contributed by atoms with Gasteiger partial charge in [0.15, 0.2) is 0 Å². The molecule has 2 nitrogen and oxygen atoms in total. The zero-order valence-corrected chi connectivity index (χ0v) is 10.3. The lowest BCUT2D eigenvalue weighted by atomic mass is 9.94. The van der Waals surface area contributed by atoms with Gasteiger partial charge < -0.3 is 5.32 Å². The summed E-state index contributed by atoms with van der Waals surface area (Å²) in [6, 6.07) is 1.64. The SMILES string of the molecule is CCC1CCCN1CC1CC(C)CCN1. The number of hydrogen-bond acceptors (Lipinski definition) is 2. The van der Waals surface area contributed by atoms with Gasteiger partial charge in [-0.05, 0) is 51.1 Å². The number of rotatable bonds is 3. The van der Waals surface area contributed by atoms with Gasteiger partial charge in [-0.2, -0.15) is 0 Å². The number of hydrogen-bond donors (Lipinski definition) is 1. The first-order valence-corrected chi connectivity index (χ1v) is 6.77. The van der Waals surface area contributed by atoms with Crippen LogP contribution in [0.4, 0.5) is 0 Å². The molecule has 0 saturated carbocycles. The maximum absolute atomic E-state index is 3.68. The number of nitrogens with one attached hydrogen (secondary N) is 1. The van der Waals surface area contributed by atoms with E-state index in [1.165, 1.54) is 51.7 Å². The van der Waals surface area contributed by atoms with E-state index in [0.717, 1.165) is 18.0 Å². The van der Waals surface area contributed by atoms with Crippen LogP contribution >= 0.6 is 0 Å². The van der Waals surface area contributed by atoms with Crippen LogP contribution in [0.5, 0.6) is 0 Å². The third kappa shape index (κ3) is 2.94. The first-order valence-electron chi connectivity index (χ1n) is 6.77. The van der Waals surface area contributed by atoms with Gasteiger partial charge in [0.2, 0.25) is 0 Å². The first-order chi connectivity index (χ1) is 7.29. The molecule has 2 rings (SSSR count). The molecule has 0 bridgehead atoms. The van der Waals surface area contributed by atoms with E-state index >= 15 is 0 Å². The Morgan fingerprint density at radius 2 is 2.20 bits per heavy atom. The van der Waals surface area contributed by atoms with Crippen molar-refractivity contribution in [2.75, 3.05) is 19.6 Å². The summed E-state index contributed by atoms with van der Waals surface area (Å²) in [6.45, 7) is 8.60. The molecule has 0 radical (unpaired) electrons. The number of nitrogens with zero attached hydrogens (tertiary/aromatic N) is 1. The van der Waals surface area contributed by atoms with Crippen LogP contribution in [0.3, 0.4) is 0 Å². The standard InChI is InChI=1S/C13H26N2/c1-3-13-5-4-8-15(13)10-12-9-11(2)6-7-14-12/h11-14H,3-10H2,1-2H3. The summed E-state index contributed by atoms with van der Waals surface area (Å²) < 4.78 is 0. The second-order valence-corrected chi connectivity index (χ2v) is 5.48. The molecule has 0 aromatic rings. The lowest BCUT2D eigenvalue weighted by Crippen LogP contribution is -2.46. The maximum atomic E-state index is 3.68. The number of likely N-dealkylation sites (tertiary alicyclic amines) is 1.